The number of carbonyl (C=O) groups is 2. The molecule has 0 aliphatic heterocycles. The molecule has 1 aromatic heterocycles. The maximum absolute atomic E-state index is 13.4. The van der Waals surface area contributed by atoms with E-state index in [1.165, 1.54) is 6.07 Å². The minimum absolute atomic E-state index is 0.0250. The van der Waals surface area contributed by atoms with Crippen LogP contribution in [-0.2, 0) is 10.4 Å². The summed E-state index contributed by atoms with van der Waals surface area (Å²) in [7, 11) is 0. The molecule has 6 N–H and O–H groups in total. The highest BCUT2D eigenvalue weighted by atomic mass is 19.4. The number of hydrogen-bond acceptors (Lipinski definition) is 7. The van der Waals surface area contributed by atoms with Crippen molar-refractivity contribution in [2.45, 2.75) is 25.1 Å². The van der Waals surface area contributed by atoms with Gasteiger partial charge < -0.3 is 21.9 Å². The SMILES string of the molecule is Cc1ccc(C(O)(C(N)=O)C(F)(F)F)cc1-c1cnc(N)c(C(=O)NCCC#N)n1. The van der Waals surface area contributed by atoms with E-state index in [0.717, 1.165) is 18.3 Å². The molecule has 1 heterocycles. The van der Waals surface area contributed by atoms with E-state index in [2.05, 4.69) is 15.3 Å². The summed E-state index contributed by atoms with van der Waals surface area (Å²) in [5.74, 6) is -2.95. The Morgan fingerprint density at radius 3 is 2.57 bits per heavy atom. The molecule has 9 nitrogen and oxygen atoms in total. The van der Waals surface area contributed by atoms with Crippen LogP contribution in [0.25, 0.3) is 11.3 Å². The van der Waals surface area contributed by atoms with Crippen LogP contribution in [0.15, 0.2) is 24.4 Å². The second-order valence-electron chi connectivity index (χ2n) is 6.26. The molecule has 2 aromatic rings. The van der Waals surface area contributed by atoms with Crippen molar-refractivity contribution in [2.75, 3.05) is 12.3 Å². The third kappa shape index (κ3) is 4.15. The molecule has 0 aliphatic rings. The Hall–Kier alpha value is -3.72. The van der Waals surface area contributed by atoms with Crippen molar-refractivity contribution in [2.24, 2.45) is 5.73 Å². The lowest BCUT2D eigenvalue weighted by atomic mass is 9.89. The van der Waals surface area contributed by atoms with Crippen LogP contribution in [0.4, 0.5) is 19.0 Å². The summed E-state index contributed by atoms with van der Waals surface area (Å²) in [4.78, 5) is 31.5. The van der Waals surface area contributed by atoms with Gasteiger partial charge in [0, 0.05) is 17.7 Å². The van der Waals surface area contributed by atoms with Gasteiger partial charge in [0.15, 0.2) is 11.5 Å². The number of nitrogen functional groups attached to an aromatic ring is 1. The molecule has 0 fully saturated rings. The van der Waals surface area contributed by atoms with E-state index in [1.807, 2.05) is 6.07 Å². The largest absolute Gasteiger partial charge is 0.430 e. The predicted molar refractivity (Wildman–Crippen MR) is 98.3 cm³/mol. The van der Waals surface area contributed by atoms with Crippen LogP contribution in [0.2, 0.25) is 0 Å². The van der Waals surface area contributed by atoms with Gasteiger partial charge in [-0.3, -0.25) is 9.59 Å². The van der Waals surface area contributed by atoms with Crippen LogP contribution >= 0.6 is 0 Å². The minimum atomic E-state index is -5.37. The number of amides is 2. The third-order valence-corrected chi connectivity index (χ3v) is 4.24. The fraction of sp³-hybridized carbons (Fsp3) is 0.278. The van der Waals surface area contributed by atoms with Gasteiger partial charge in [-0.05, 0) is 18.6 Å². The number of nitriles is 1. The number of aromatic nitrogens is 2. The Morgan fingerprint density at radius 1 is 1.33 bits per heavy atom. The van der Waals surface area contributed by atoms with Crippen molar-refractivity contribution >= 4 is 17.6 Å². The molecular formula is C18H17F3N6O3. The van der Waals surface area contributed by atoms with Crippen molar-refractivity contribution in [1.29, 1.82) is 5.26 Å². The maximum Gasteiger partial charge on any atom is 0.430 e. The van der Waals surface area contributed by atoms with E-state index in [1.54, 1.807) is 6.92 Å². The molecular weight excluding hydrogens is 405 g/mol. The van der Waals surface area contributed by atoms with E-state index >= 15 is 0 Å². The van der Waals surface area contributed by atoms with Crippen LogP contribution < -0.4 is 16.8 Å². The van der Waals surface area contributed by atoms with E-state index in [0.29, 0.717) is 5.56 Å². The number of benzene rings is 1. The molecule has 0 aliphatic carbocycles. The number of nitrogens with zero attached hydrogens (tertiary/aromatic N) is 3. The number of aliphatic hydroxyl groups is 1. The molecule has 158 valence electrons. The summed E-state index contributed by atoms with van der Waals surface area (Å²) in [6.45, 7) is 1.58. The van der Waals surface area contributed by atoms with Crippen molar-refractivity contribution in [1.82, 2.24) is 15.3 Å². The number of anilines is 1. The fourth-order valence-corrected chi connectivity index (χ4v) is 2.58. The van der Waals surface area contributed by atoms with Crippen LogP contribution in [0.1, 0.15) is 28.0 Å². The van der Waals surface area contributed by atoms with Crippen molar-refractivity contribution in [3.63, 3.8) is 0 Å². The number of carbonyl (C=O) groups excluding carboxylic acids is 2. The molecule has 0 radical (unpaired) electrons. The first-order valence-corrected chi connectivity index (χ1v) is 8.41. The van der Waals surface area contributed by atoms with Gasteiger partial charge in [0.1, 0.15) is 0 Å². The van der Waals surface area contributed by atoms with Gasteiger partial charge in [0.2, 0.25) is 0 Å². The number of rotatable bonds is 6. The average molecular weight is 422 g/mol. The lowest BCUT2D eigenvalue weighted by Crippen LogP contribution is -2.52. The van der Waals surface area contributed by atoms with E-state index in [-0.39, 0.29) is 35.7 Å². The smallest absolute Gasteiger partial charge is 0.382 e. The first-order valence-electron chi connectivity index (χ1n) is 8.41. The summed E-state index contributed by atoms with van der Waals surface area (Å²) in [6.07, 6.45) is -4.20. The van der Waals surface area contributed by atoms with E-state index in [9.17, 15) is 27.9 Å². The Bertz CT molecular complexity index is 1030. The zero-order chi connectivity index (χ0) is 22.7. The van der Waals surface area contributed by atoms with Crippen LogP contribution in [0, 0.1) is 18.3 Å². The van der Waals surface area contributed by atoms with Gasteiger partial charge in [0.25, 0.3) is 17.4 Å². The molecule has 1 unspecified atom stereocenters. The quantitative estimate of drug-likeness (QED) is 0.502. The highest BCUT2D eigenvalue weighted by Gasteiger charge is 2.60. The van der Waals surface area contributed by atoms with Crippen LogP contribution in [0.5, 0.6) is 0 Å². The number of nitrogens with one attached hydrogen (secondary N) is 1. The molecule has 30 heavy (non-hydrogen) atoms. The summed E-state index contributed by atoms with van der Waals surface area (Å²) in [6, 6.07) is 4.88. The van der Waals surface area contributed by atoms with Crippen LogP contribution in [0.3, 0.4) is 0 Å². The molecule has 0 bridgehead atoms. The predicted octanol–water partition coefficient (Wildman–Crippen LogP) is 0.913. The molecule has 0 spiro atoms. The lowest BCUT2D eigenvalue weighted by molar-refractivity contribution is -0.255. The van der Waals surface area contributed by atoms with Crippen molar-refractivity contribution < 1.29 is 27.9 Å². The summed E-state index contributed by atoms with van der Waals surface area (Å²) >= 11 is 0. The second-order valence-corrected chi connectivity index (χ2v) is 6.26. The van der Waals surface area contributed by atoms with Gasteiger partial charge in [-0.15, -0.1) is 0 Å². The number of hydrogen-bond donors (Lipinski definition) is 4. The van der Waals surface area contributed by atoms with Gasteiger partial charge in [-0.2, -0.15) is 18.4 Å². The second kappa shape index (κ2) is 8.34. The molecule has 0 saturated heterocycles. The summed E-state index contributed by atoms with van der Waals surface area (Å²) < 4.78 is 40.1. The number of alkyl halides is 3. The normalized spacial score (nSPS) is 13.2. The van der Waals surface area contributed by atoms with Gasteiger partial charge >= 0.3 is 6.18 Å². The van der Waals surface area contributed by atoms with Crippen molar-refractivity contribution in [3.05, 3.63) is 41.2 Å². The lowest BCUT2D eigenvalue weighted by Gasteiger charge is -2.28. The molecule has 1 atom stereocenters. The van der Waals surface area contributed by atoms with Crippen molar-refractivity contribution in [3.8, 4) is 17.3 Å². The highest BCUT2D eigenvalue weighted by molar-refractivity contribution is 5.96. The molecule has 12 heteroatoms. The highest BCUT2D eigenvalue weighted by Crippen LogP contribution is 2.40. The Labute approximate surface area is 168 Å². The minimum Gasteiger partial charge on any atom is -0.382 e. The van der Waals surface area contributed by atoms with Gasteiger partial charge in [-0.25, -0.2) is 9.97 Å². The molecule has 1 aromatic carbocycles. The summed E-state index contributed by atoms with van der Waals surface area (Å²) in [5, 5.41) is 21.0. The Morgan fingerprint density at radius 2 is 2.00 bits per heavy atom. The topological polar surface area (TPSA) is 168 Å². The standard InChI is InChI=1S/C18H17F3N6O3/c1-9-3-4-10(17(30,16(24)29)18(19,20)21)7-11(9)12-8-26-14(23)13(27-12)15(28)25-6-2-5-22/h3-4,7-8,30H,2,6H2,1H3,(H2,23,26)(H2,24,29)(H,25,28). The Kier molecular flexibility index (Phi) is 6.27. The zero-order valence-electron chi connectivity index (χ0n) is 15.6. The molecule has 2 rings (SSSR count). The number of primary amides is 1. The van der Waals surface area contributed by atoms with Gasteiger partial charge in [-0.1, -0.05) is 12.1 Å². The number of halogens is 3. The first kappa shape index (κ1) is 22.6. The van der Waals surface area contributed by atoms with E-state index in [4.69, 9.17) is 16.7 Å². The maximum atomic E-state index is 13.4. The Balaban J connectivity index is 2.57. The zero-order valence-corrected chi connectivity index (χ0v) is 15.6. The number of aryl methyl sites for hydroxylation is 1. The van der Waals surface area contributed by atoms with Crippen LogP contribution in [-0.4, -0.2) is 39.6 Å². The van der Waals surface area contributed by atoms with E-state index < -0.39 is 29.2 Å². The first-order chi connectivity index (χ1) is 13.9. The monoisotopic (exact) mass is 422 g/mol. The average Bonchev–Trinajstić information content (AvgIpc) is 2.67. The fourth-order valence-electron chi connectivity index (χ4n) is 2.58. The molecule has 2 amide bonds. The third-order valence-electron chi connectivity index (χ3n) is 4.24. The number of nitrogens with two attached hydrogens (primary N) is 2. The van der Waals surface area contributed by atoms with Gasteiger partial charge in [0.05, 0.1) is 24.4 Å². The molecule has 0 saturated carbocycles. The summed E-state index contributed by atoms with van der Waals surface area (Å²) in [5.41, 5.74) is 5.91.